The largest absolute Gasteiger partial charge is 0.382 e. The molecule has 0 aliphatic heterocycles. The topological polar surface area (TPSA) is 72.0 Å². The molecule has 0 unspecified atom stereocenters. The van der Waals surface area contributed by atoms with Crippen LogP contribution >= 0.6 is 23.2 Å². The second-order valence-electron chi connectivity index (χ2n) is 4.82. The molecular formula is C14H8Cl2FN5. The van der Waals surface area contributed by atoms with Crippen molar-refractivity contribution in [2.45, 2.75) is 0 Å². The maximum absolute atomic E-state index is 14.3. The summed E-state index contributed by atoms with van der Waals surface area (Å²) < 4.78 is 16.0. The van der Waals surface area contributed by atoms with Crippen molar-refractivity contribution in [3.63, 3.8) is 0 Å². The third-order valence-corrected chi connectivity index (χ3v) is 4.20. The number of nitrogens with one attached hydrogen (secondary N) is 1. The molecule has 0 amide bonds. The van der Waals surface area contributed by atoms with Gasteiger partial charge in [0.15, 0.2) is 5.82 Å². The molecule has 3 aromatic heterocycles. The normalized spacial score (nSPS) is 11.6. The lowest BCUT2D eigenvalue weighted by atomic mass is 10.0. The van der Waals surface area contributed by atoms with Crippen molar-refractivity contribution in [3.05, 3.63) is 46.6 Å². The Balaban J connectivity index is 2.09. The van der Waals surface area contributed by atoms with E-state index in [1.165, 1.54) is 0 Å². The molecule has 4 rings (SSSR count). The summed E-state index contributed by atoms with van der Waals surface area (Å²) in [7, 11) is 0. The number of imidazole rings is 1. The summed E-state index contributed by atoms with van der Waals surface area (Å²) >= 11 is 12.1. The first-order valence-electron chi connectivity index (χ1n) is 6.30. The van der Waals surface area contributed by atoms with Gasteiger partial charge in [-0.25, -0.2) is 9.37 Å². The minimum Gasteiger partial charge on any atom is -0.382 e. The zero-order chi connectivity index (χ0) is 15.4. The van der Waals surface area contributed by atoms with Crippen molar-refractivity contribution in [2.75, 3.05) is 5.73 Å². The smallest absolute Gasteiger partial charge is 0.163 e. The minimum atomic E-state index is -0.680. The number of nitrogens with zero attached hydrogens (tertiary/aromatic N) is 3. The summed E-state index contributed by atoms with van der Waals surface area (Å²) in [6.07, 6.45) is 5.01. The number of nitrogens with two attached hydrogens (primary N) is 1. The molecule has 110 valence electrons. The van der Waals surface area contributed by atoms with E-state index >= 15 is 0 Å². The summed E-state index contributed by atoms with van der Waals surface area (Å²) in [5, 5.41) is 7.13. The van der Waals surface area contributed by atoms with Gasteiger partial charge in [0, 0.05) is 22.7 Å². The molecule has 0 bridgehead atoms. The number of fused-ring (bicyclic) bond motifs is 2. The van der Waals surface area contributed by atoms with E-state index in [9.17, 15) is 4.39 Å². The van der Waals surface area contributed by atoms with Crippen LogP contribution < -0.4 is 5.73 Å². The zero-order valence-corrected chi connectivity index (χ0v) is 12.5. The molecular weight excluding hydrogens is 328 g/mol. The third kappa shape index (κ3) is 1.77. The Morgan fingerprint density at radius 2 is 2.00 bits per heavy atom. The van der Waals surface area contributed by atoms with Crippen molar-refractivity contribution in [1.82, 2.24) is 19.6 Å². The van der Waals surface area contributed by atoms with Crippen LogP contribution in [0.4, 0.5) is 10.2 Å². The average Bonchev–Trinajstić information content (AvgIpc) is 3.10. The second-order valence-corrected chi connectivity index (χ2v) is 5.58. The quantitative estimate of drug-likeness (QED) is 0.518. The van der Waals surface area contributed by atoms with Crippen molar-refractivity contribution in [1.29, 1.82) is 0 Å². The fourth-order valence-corrected chi connectivity index (χ4v) is 3.11. The predicted molar refractivity (Wildman–Crippen MR) is 84.7 cm³/mol. The maximum atomic E-state index is 14.3. The Bertz CT molecular complexity index is 1040. The number of aromatic amines is 1. The molecule has 8 heteroatoms. The molecule has 3 N–H and O–H groups in total. The number of halogens is 3. The highest BCUT2D eigenvalue weighted by molar-refractivity contribution is 6.41. The number of aromatic nitrogens is 4. The molecule has 0 aliphatic rings. The van der Waals surface area contributed by atoms with Gasteiger partial charge in [-0.3, -0.25) is 5.10 Å². The predicted octanol–water partition coefficient (Wildman–Crippen LogP) is 3.91. The van der Waals surface area contributed by atoms with Gasteiger partial charge in [0.25, 0.3) is 0 Å². The van der Waals surface area contributed by atoms with Crippen LogP contribution in [0, 0.1) is 5.82 Å². The molecule has 22 heavy (non-hydrogen) atoms. The van der Waals surface area contributed by atoms with Crippen LogP contribution in [0.2, 0.25) is 10.0 Å². The average molecular weight is 336 g/mol. The van der Waals surface area contributed by atoms with E-state index in [1.54, 1.807) is 35.1 Å². The Morgan fingerprint density at radius 3 is 2.82 bits per heavy atom. The molecule has 3 heterocycles. The van der Waals surface area contributed by atoms with E-state index in [4.69, 9.17) is 28.9 Å². The van der Waals surface area contributed by atoms with Crippen LogP contribution in [-0.2, 0) is 0 Å². The van der Waals surface area contributed by atoms with Crippen LogP contribution in [0.3, 0.4) is 0 Å². The van der Waals surface area contributed by atoms with Crippen LogP contribution in [0.15, 0.2) is 30.7 Å². The van der Waals surface area contributed by atoms with E-state index in [0.29, 0.717) is 33.5 Å². The summed E-state index contributed by atoms with van der Waals surface area (Å²) in [5.74, 6) is -0.278. The van der Waals surface area contributed by atoms with E-state index in [0.717, 1.165) is 0 Å². The summed E-state index contributed by atoms with van der Waals surface area (Å²) in [6.45, 7) is 0. The van der Waals surface area contributed by atoms with Crippen LogP contribution in [0.1, 0.15) is 0 Å². The van der Waals surface area contributed by atoms with Gasteiger partial charge in [-0.2, -0.15) is 5.10 Å². The lowest BCUT2D eigenvalue weighted by Crippen LogP contribution is -1.91. The minimum absolute atomic E-state index is 0.0497. The number of hydrogen-bond donors (Lipinski definition) is 2. The standard InChI is InChI=1S/C14H8Cl2FN5/c15-11-10(7-3-19-21-14(7)12(16)13(11)17)6-1-2-9-20-8(18)5-22(9)4-6/h1-5H,18H2,(H,19,21). The van der Waals surface area contributed by atoms with E-state index in [-0.39, 0.29) is 10.0 Å². The molecule has 1 aromatic carbocycles. The van der Waals surface area contributed by atoms with Gasteiger partial charge in [0.1, 0.15) is 16.5 Å². The first kappa shape index (κ1) is 13.4. The summed E-state index contributed by atoms with van der Waals surface area (Å²) in [5.41, 5.74) is 7.99. The Labute approximate surface area is 133 Å². The van der Waals surface area contributed by atoms with Crippen LogP contribution in [-0.4, -0.2) is 19.6 Å². The second kappa shape index (κ2) is 4.59. The molecule has 0 atom stereocenters. The molecule has 5 nitrogen and oxygen atoms in total. The summed E-state index contributed by atoms with van der Waals surface area (Å²) in [6, 6.07) is 3.57. The number of pyridine rings is 1. The molecule has 4 aromatic rings. The van der Waals surface area contributed by atoms with Crippen molar-refractivity contribution in [3.8, 4) is 11.1 Å². The van der Waals surface area contributed by atoms with Crippen LogP contribution in [0.5, 0.6) is 0 Å². The highest BCUT2D eigenvalue weighted by Gasteiger charge is 2.20. The number of anilines is 1. The third-order valence-electron chi connectivity index (χ3n) is 3.49. The number of hydrogen-bond acceptors (Lipinski definition) is 3. The lowest BCUT2D eigenvalue weighted by molar-refractivity contribution is 0.630. The first-order valence-corrected chi connectivity index (χ1v) is 7.06. The van der Waals surface area contributed by atoms with Gasteiger partial charge in [-0.15, -0.1) is 0 Å². The molecule has 0 aliphatic carbocycles. The van der Waals surface area contributed by atoms with Gasteiger partial charge >= 0.3 is 0 Å². The van der Waals surface area contributed by atoms with E-state index in [1.807, 2.05) is 0 Å². The highest BCUT2D eigenvalue weighted by Crippen LogP contribution is 2.40. The lowest BCUT2D eigenvalue weighted by Gasteiger charge is -2.09. The molecule has 0 saturated heterocycles. The van der Waals surface area contributed by atoms with Crippen molar-refractivity contribution in [2.24, 2.45) is 0 Å². The maximum Gasteiger partial charge on any atom is 0.163 e. The number of H-pyrrole nitrogens is 1. The Morgan fingerprint density at radius 1 is 1.18 bits per heavy atom. The molecule has 0 spiro atoms. The monoisotopic (exact) mass is 335 g/mol. The number of rotatable bonds is 1. The zero-order valence-electron chi connectivity index (χ0n) is 10.9. The number of benzene rings is 1. The molecule has 0 fully saturated rings. The van der Waals surface area contributed by atoms with Gasteiger partial charge in [-0.1, -0.05) is 23.2 Å². The van der Waals surface area contributed by atoms with E-state index < -0.39 is 5.82 Å². The van der Waals surface area contributed by atoms with Crippen LogP contribution in [0.25, 0.3) is 27.7 Å². The van der Waals surface area contributed by atoms with Gasteiger partial charge < -0.3 is 10.1 Å². The fraction of sp³-hybridized carbons (Fsp3) is 0. The van der Waals surface area contributed by atoms with Gasteiger partial charge in [0.2, 0.25) is 0 Å². The van der Waals surface area contributed by atoms with E-state index in [2.05, 4.69) is 15.2 Å². The van der Waals surface area contributed by atoms with Crippen molar-refractivity contribution >= 4 is 45.6 Å². The SMILES string of the molecule is Nc1cn2cc(-c3c(Cl)c(F)c(Cl)c4[nH]ncc34)ccc2n1. The molecule has 0 saturated carbocycles. The Hall–Kier alpha value is -2.31. The first-order chi connectivity index (χ1) is 10.6. The fourth-order valence-electron chi connectivity index (χ4n) is 2.52. The molecule has 0 radical (unpaired) electrons. The van der Waals surface area contributed by atoms with Gasteiger partial charge in [-0.05, 0) is 12.1 Å². The summed E-state index contributed by atoms with van der Waals surface area (Å²) in [4.78, 5) is 4.15. The Kier molecular flexibility index (Phi) is 2.79. The van der Waals surface area contributed by atoms with Crippen molar-refractivity contribution < 1.29 is 4.39 Å². The number of nitrogen functional groups attached to an aromatic ring is 1. The highest BCUT2D eigenvalue weighted by atomic mass is 35.5. The van der Waals surface area contributed by atoms with Gasteiger partial charge in [0.05, 0.1) is 22.9 Å².